The van der Waals surface area contributed by atoms with Gasteiger partial charge < -0.3 is 14.5 Å². The molecule has 0 aromatic carbocycles. The molecule has 88 valence electrons. The van der Waals surface area contributed by atoms with E-state index in [0.717, 1.165) is 24.5 Å². The SMILES string of the molecule is COCc1ccc(CNC2CC=CCC2)o1. The van der Waals surface area contributed by atoms with E-state index in [1.165, 1.54) is 12.8 Å². The second-order valence-electron chi connectivity index (χ2n) is 4.16. The molecule has 3 heteroatoms. The number of rotatable bonds is 5. The van der Waals surface area contributed by atoms with Gasteiger partial charge in [-0.05, 0) is 31.4 Å². The molecule has 0 saturated heterocycles. The van der Waals surface area contributed by atoms with Crippen LogP contribution in [-0.4, -0.2) is 13.2 Å². The van der Waals surface area contributed by atoms with Crippen LogP contribution in [0, 0.1) is 0 Å². The highest BCUT2D eigenvalue weighted by molar-refractivity contribution is 5.06. The van der Waals surface area contributed by atoms with Gasteiger partial charge in [0.15, 0.2) is 0 Å². The number of furan rings is 1. The van der Waals surface area contributed by atoms with E-state index in [1.54, 1.807) is 7.11 Å². The molecule has 0 radical (unpaired) electrons. The Bertz CT molecular complexity index is 343. The average molecular weight is 221 g/mol. The van der Waals surface area contributed by atoms with E-state index >= 15 is 0 Å². The summed E-state index contributed by atoms with van der Waals surface area (Å²) in [6.45, 7) is 1.36. The van der Waals surface area contributed by atoms with Crippen molar-refractivity contribution in [3.05, 3.63) is 35.8 Å². The topological polar surface area (TPSA) is 34.4 Å². The lowest BCUT2D eigenvalue weighted by Gasteiger charge is -2.18. The first-order valence-electron chi connectivity index (χ1n) is 5.83. The van der Waals surface area contributed by atoms with Gasteiger partial charge in [-0.25, -0.2) is 0 Å². The van der Waals surface area contributed by atoms with Gasteiger partial charge in [0.2, 0.25) is 0 Å². The van der Waals surface area contributed by atoms with Crippen molar-refractivity contribution in [3.8, 4) is 0 Å². The van der Waals surface area contributed by atoms with Crippen molar-refractivity contribution in [1.82, 2.24) is 5.32 Å². The predicted molar refractivity (Wildman–Crippen MR) is 63.0 cm³/mol. The van der Waals surface area contributed by atoms with Gasteiger partial charge in [0.05, 0.1) is 6.54 Å². The number of hydrogen-bond acceptors (Lipinski definition) is 3. The van der Waals surface area contributed by atoms with Crippen LogP contribution >= 0.6 is 0 Å². The fourth-order valence-corrected chi connectivity index (χ4v) is 1.96. The molecule has 0 bridgehead atoms. The minimum Gasteiger partial charge on any atom is -0.462 e. The first-order chi connectivity index (χ1) is 7.88. The van der Waals surface area contributed by atoms with E-state index in [4.69, 9.17) is 9.15 Å². The van der Waals surface area contributed by atoms with Gasteiger partial charge in [0.1, 0.15) is 18.1 Å². The highest BCUT2D eigenvalue weighted by atomic mass is 16.5. The molecule has 1 aliphatic carbocycles. The molecule has 0 spiro atoms. The molecule has 1 heterocycles. The molecule has 0 aliphatic heterocycles. The van der Waals surface area contributed by atoms with E-state index < -0.39 is 0 Å². The molecular weight excluding hydrogens is 202 g/mol. The summed E-state index contributed by atoms with van der Waals surface area (Å²) in [5.41, 5.74) is 0. The van der Waals surface area contributed by atoms with Crippen LogP contribution in [0.15, 0.2) is 28.7 Å². The Morgan fingerprint density at radius 2 is 2.25 bits per heavy atom. The minimum absolute atomic E-state index is 0.548. The smallest absolute Gasteiger partial charge is 0.129 e. The van der Waals surface area contributed by atoms with Crippen LogP contribution in [0.5, 0.6) is 0 Å². The average Bonchev–Trinajstić information content (AvgIpc) is 2.76. The first-order valence-corrected chi connectivity index (χ1v) is 5.83. The van der Waals surface area contributed by atoms with Gasteiger partial charge in [0, 0.05) is 13.2 Å². The van der Waals surface area contributed by atoms with E-state index in [9.17, 15) is 0 Å². The largest absolute Gasteiger partial charge is 0.462 e. The Kier molecular flexibility index (Phi) is 4.19. The number of ether oxygens (including phenoxy) is 1. The quantitative estimate of drug-likeness (QED) is 0.776. The lowest BCUT2D eigenvalue weighted by Crippen LogP contribution is -2.28. The van der Waals surface area contributed by atoms with Crippen molar-refractivity contribution in [2.24, 2.45) is 0 Å². The molecule has 16 heavy (non-hydrogen) atoms. The maximum absolute atomic E-state index is 5.61. The molecule has 3 nitrogen and oxygen atoms in total. The highest BCUT2D eigenvalue weighted by Crippen LogP contribution is 2.13. The van der Waals surface area contributed by atoms with Gasteiger partial charge in [0.25, 0.3) is 0 Å². The van der Waals surface area contributed by atoms with E-state index in [2.05, 4.69) is 17.5 Å². The van der Waals surface area contributed by atoms with Gasteiger partial charge >= 0.3 is 0 Å². The summed E-state index contributed by atoms with van der Waals surface area (Å²) in [5, 5.41) is 3.51. The first kappa shape index (κ1) is 11.4. The fraction of sp³-hybridized carbons (Fsp3) is 0.538. The summed E-state index contributed by atoms with van der Waals surface area (Å²) in [5.74, 6) is 1.88. The summed E-state index contributed by atoms with van der Waals surface area (Å²) < 4.78 is 10.6. The Morgan fingerprint density at radius 1 is 1.38 bits per heavy atom. The Balaban J connectivity index is 1.77. The van der Waals surface area contributed by atoms with Crippen LogP contribution in [0.1, 0.15) is 30.8 Å². The summed E-state index contributed by atoms with van der Waals surface area (Å²) in [6.07, 6.45) is 8.04. The fourth-order valence-electron chi connectivity index (χ4n) is 1.96. The Hall–Kier alpha value is -1.06. The lowest BCUT2D eigenvalue weighted by atomic mass is 10.0. The standard InChI is InChI=1S/C13H19NO2/c1-15-10-13-8-7-12(16-13)9-14-11-5-3-2-4-6-11/h2-3,7-8,11,14H,4-6,9-10H2,1H3. The normalized spacial score (nSPS) is 20.2. The van der Waals surface area contributed by atoms with Gasteiger partial charge in [-0.2, -0.15) is 0 Å². The molecule has 1 aliphatic rings. The molecule has 0 amide bonds. The third-order valence-corrected chi connectivity index (χ3v) is 2.84. The molecule has 1 aromatic heterocycles. The molecule has 0 fully saturated rings. The number of allylic oxidation sites excluding steroid dienone is 1. The molecule has 2 rings (SSSR count). The zero-order chi connectivity index (χ0) is 11.2. The van der Waals surface area contributed by atoms with Crippen LogP contribution in [0.3, 0.4) is 0 Å². The third-order valence-electron chi connectivity index (χ3n) is 2.84. The van der Waals surface area contributed by atoms with Crippen LogP contribution in [-0.2, 0) is 17.9 Å². The monoisotopic (exact) mass is 221 g/mol. The second-order valence-corrected chi connectivity index (χ2v) is 4.16. The van der Waals surface area contributed by atoms with Crippen LogP contribution in [0.4, 0.5) is 0 Å². The zero-order valence-corrected chi connectivity index (χ0v) is 9.74. The summed E-state index contributed by atoms with van der Waals surface area (Å²) in [6, 6.07) is 4.59. The molecule has 1 atom stereocenters. The van der Waals surface area contributed by atoms with E-state index in [1.807, 2.05) is 12.1 Å². The van der Waals surface area contributed by atoms with Crippen molar-refractivity contribution >= 4 is 0 Å². The maximum Gasteiger partial charge on any atom is 0.129 e. The van der Waals surface area contributed by atoms with Gasteiger partial charge in [-0.3, -0.25) is 0 Å². The van der Waals surface area contributed by atoms with Crippen molar-refractivity contribution in [2.45, 2.75) is 38.5 Å². The minimum atomic E-state index is 0.548. The van der Waals surface area contributed by atoms with Crippen LogP contribution in [0.2, 0.25) is 0 Å². The number of hydrogen-bond donors (Lipinski definition) is 1. The van der Waals surface area contributed by atoms with Crippen LogP contribution < -0.4 is 5.32 Å². The Morgan fingerprint density at radius 3 is 3.00 bits per heavy atom. The zero-order valence-electron chi connectivity index (χ0n) is 9.74. The van der Waals surface area contributed by atoms with Crippen molar-refractivity contribution < 1.29 is 9.15 Å². The van der Waals surface area contributed by atoms with Gasteiger partial charge in [-0.15, -0.1) is 0 Å². The van der Waals surface area contributed by atoms with E-state index in [-0.39, 0.29) is 0 Å². The number of nitrogens with one attached hydrogen (secondary N) is 1. The molecular formula is C13H19NO2. The van der Waals surface area contributed by atoms with Crippen molar-refractivity contribution in [2.75, 3.05) is 7.11 Å². The highest BCUT2D eigenvalue weighted by Gasteiger charge is 2.09. The van der Waals surface area contributed by atoms with Crippen LogP contribution in [0.25, 0.3) is 0 Å². The molecule has 1 aromatic rings. The van der Waals surface area contributed by atoms with E-state index in [0.29, 0.717) is 12.6 Å². The molecule has 0 saturated carbocycles. The summed E-state index contributed by atoms with van der Waals surface area (Å²) in [7, 11) is 1.68. The maximum atomic E-state index is 5.61. The molecule has 1 N–H and O–H groups in total. The predicted octanol–water partition coefficient (Wildman–Crippen LogP) is 2.62. The third kappa shape index (κ3) is 3.22. The van der Waals surface area contributed by atoms with Crippen molar-refractivity contribution in [1.29, 1.82) is 0 Å². The van der Waals surface area contributed by atoms with Crippen molar-refractivity contribution in [3.63, 3.8) is 0 Å². The summed E-state index contributed by atoms with van der Waals surface area (Å²) in [4.78, 5) is 0. The Labute approximate surface area is 96.5 Å². The lowest BCUT2D eigenvalue weighted by molar-refractivity contribution is 0.162. The van der Waals surface area contributed by atoms with Gasteiger partial charge in [-0.1, -0.05) is 12.2 Å². The second kappa shape index (κ2) is 5.87. The number of methoxy groups -OCH3 is 1. The molecule has 1 unspecified atom stereocenters. The summed E-state index contributed by atoms with van der Waals surface area (Å²) >= 11 is 0.